The van der Waals surface area contributed by atoms with Gasteiger partial charge in [0.15, 0.2) is 6.29 Å². The predicted octanol–water partition coefficient (Wildman–Crippen LogP) is 0.453. The van der Waals surface area contributed by atoms with Crippen LogP contribution in [0.5, 0.6) is 0 Å². The minimum Gasteiger partial charge on any atom is -0.294 e. The number of allylic oxidation sites excluding steroid dienone is 4. The Kier molecular flexibility index (Phi) is 2.11. The van der Waals surface area contributed by atoms with Gasteiger partial charge in [0.1, 0.15) is 0 Å². The first-order chi connectivity index (χ1) is 8.29. The molecule has 0 N–H and O–H groups in total. The van der Waals surface area contributed by atoms with Crippen molar-refractivity contribution in [3.05, 3.63) is 58.3 Å². The summed E-state index contributed by atoms with van der Waals surface area (Å²) in [6.45, 7) is 0. The standard InChI is InChI=1S/C14H9NO2/c16-8-14(17)9-5-6-13-11(7-9)10-3-1-2-4-12(10)15-13/h1-6,8H,7H2. The molecule has 1 aliphatic heterocycles. The minimum atomic E-state index is -0.447. The molecule has 82 valence electrons. The molecule has 0 fully saturated rings. The summed E-state index contributed by atoms with van der Waals surface area (Å²) in [7, 11) is 0. The molecule has 0 saturated heterocycles. The van der Waals surface area contributed by atoms with Crippen molar-refractivity contribution < 1.29 is 9.59 Å². The van der Waals surface area contributed by atoms with Crippen molar-refractivity contribution in [2.45, 2.75) is 6.42 Å². The molecular formula is C14H9NO2. The van der Waals surface area contributed by atoms with Crippen LogP contribution in [0.3, 0.4) is 0 Å². The average molecular weight is 223 g/mol. The van der Waals surface area contributed by atoms with E-state index in [-0.39, 0.29) is 0 Å². The molecule has 0 atom stereocenters. The van der Waals surface area contributed by atoms with Gasteiger partial charge in [0.2, 0.25) is 5.78 Å². The van der Waals surface area contributed by atoms with Gasteiger partial charge in [-0.1, -0.05) is 24.3 Å². The number of nitrogens with zero attached hydrogens (tertiary/aromatic N) is 1. The fourth-order valence-corrected chi connectivity index (χ4v) is 2.16. The van der Waals surface area contributed by atoms with E-state index < -0.39 is 5.78 Å². The second-order valence-corrected chi connectivity index (χ2v) is 4.01. The summed E-state index contributed by atoms with van der Waals surface area (Å²) in [6, 6.07) is 7.82. The smallest absolute Gasteiger partial charge is 0.221 e. The van der Waals surface area contributed by atoms with Crippen molar-refractivity contribution >= 4 is 17.6 Å². The van der Waals surface area contributed by atoms with Crippen LogP contribution in [0.15, 0.2) is 52.7 Å². The highest BCUT2D eigenvalue weighted by atomic mass is 16.2. The lowest BCUT2D eigenvalue weighted by molar-refractivity contribution is -0.127. The van der Waals surface area contributed by atoms with E-state index in [0.717, 1.165) is 21.8 Å². The largest absolute Gasteiger partial charge is 0.294 e. The summed E-state index contributed by atoms with van der Waals surface area (Å²) in [6.07, 6.45) is 4.34. The molecular weight excluding hydrogens is 214 g/mol. The first-order valence-corrected chi connectivity index (χ1v) is 5.37. The lowest BCUT2D eigenvalue weighted by Gasteiger charge is -2.10. The first-order valence-electron chi connectivity index (χ1n) is 5.37. The summed E-state index contributed by atoms with van der Waals surface area (Å²) < 4.78 is 0. The van der Waals surface area contributed by atoms with E-state index in [2.05, 4.69) is 4.99 Å². The van der Waals surface area contributed by atoms with Gasteiger partial charge in [-0.3, -0.25) is 9.59 Å². The number of Topliss-reactive ketones (excluding diaryl/α,β-unsaturated/α-hetero) is 1. The number of hydrogen-bond donors (Lipinski definition) is 0. The number of hydrogen-bond acceptors (Lipinski definition) is 3. The third-order valence-corrected chi connectivity index (χ3v) is 3.01. The van der Waals surface area contributed by atoms with Crippen molar-refractivity contribution in [3.63, 3.8) is 0 Å². The van der Waals surface area contributed by atoms with E-state index >= 15 is 0 Å². The Labute approximate surface area is 97.5 Å². The predicted molar refractivity (Wildman–Crippen MR) is 62.5 cm³/mol. The van der Waals surface area contributed by atoms with Crippen LogP contribution in [0.2, 0.25) is 0 Å². The van der Waals surface area contributed by atoms with Crippen molar-refractivity contribution in [2.75, 3.05) is 0 Å². The Hall–Kier alpha value is -2.29. The van der Waals surface area contributed by atoms with Gasteiger partial charge in [0, 0.05) is 17.2 Å². The number of rotatable bonds is 2. The molecule has 1 heterocycles. The number of aldehydes is 1. The van der Waals surface area contributed by atoms with Crippen LogP contribution in [-0.4, -0.2) is 12.1 Å². The van der Waals surface area contributed by atoms with Gasteiger partial charge in [-0.15, -0.1) is 0 Å². The molecule has 0 saturated carbocycles. The van der Waals surface area contributed by atoms with E-state index in [1.807, 2.05) is 24.3 Å². The Morgan fingerprint density at radius 1 is 1.24 bits per heavy atom. The van der Waals surface area contributed by atoms with Gasteiger partial charge in [-0.05, 0) is 17.7 Å². The molecule has 3 rings (SSSR count). The Balaban J connectivity index is 2.18. The molecule has 1 aromatic rings. The quantitative estimate of drug-likeness (QED) is 0.540. The van der Waals surface area contributed by atoms with Gasteiger partial charge in [0.25, 0.3) is 0 Å². The van der Waals surface area contributed by atoms with Crippen LogP contribution < -0.4 is 10.6 Å². The normalized spacial score (nSPS) is 16.4. The SMILES string of the molecule is O=CC(=O)C1=CC=C2N=c3ccccc3=C2C1. The fourth-order valence-electron chi connectivity index (χ4n) is 2.16. The molecule has 17 heavy (non-hydrogen) atoms. The summed E-state index contributed by atoms with van der Waals surface area (Å²) in [5, 5.41) is 1.99. The zero-order valence-corrected chi connectivity index (χ0v) is 9.01. The monoisotopic (exact) mass is 223 g/mol. The molecule has 0 amide bonds. The van der Waals surface area contributed by atoms with Gasteiger partial charge < -0.3 is 0 Å². The highest BCUT2D eigenvalue weighted by Gasteiger charge is 2.20. The molecule has 1 aromatic carbocycles. The molecule has 3 nitrogen and oxygen atoms in total. The Bertz CT molecular complexity index is 708. The van der Waals surface area contributed by atoms with Crippen LogP contribution in [-0.2, 0) is 9.59 Å². The van der Waals surface area contributed by atoms with Gasteiger partial charge in [-0.25, -0.2) is 4.99 Å². The molecule has 0 spiro atoms. The van der Waals surface area contributed by atoms with Gasteiger partial charge >= 0.3 is 0 Å². The fraction of sp³-hybridized carbons (Fsp3) is 0.0714. The third-order valence-electron chi connectivity index (χ3n) is 3.01. The number of benzene rings is 1. The maximum absolute atomic E-state index is 11.4. The van der Waals surface area contributed by atoms with Crippen molar-refractivity contribution in [2.24, 2.45) is 4.99 Å². The molecule has 0 unspecified atom stereocenters. The van der Waals surface area contributed by atoms with Gasteiger partial charge in [0.05, 0.1) is 11.1 Å². The molecule has 2 aliphatic rings. The van der Waals surface area contributed by atoms with Gasteiger partial charge in [-0.2, -0.15) is 0 Å². The highest BCUT2D eigenvalue weighted by molar-refractivity contribution is 6.33. The van der Waals surface area contributed by atoms with E-state index in [1.54, 1.807) is 12.2 Å². The summed E-state index contributed by atoms with van der Waals surface area (Å²) >= 11 is 0. The number of carbonyl (C=O) groups is 2. The summed E-state index contributed by atoms with van der Waals surface area (Å²) in [5.74, 6) is -0.447. The topological polar surface area (TPSA) is 46.5 Å². The number of fused-ring (bicyclic) bond motifs is 2. The Morgan fingerprint density at radius 3 is 2.88 bits per heavy atom. The summed E-state index contributed by atoms with van der Waals surface area (Å²) in [4.78, 5) is 26.3. The van der Waals surface area contributed by atoms with Crippen LogP contribution in [0.1, 0.15) is 6.42 Å². The number of ketones is 1. The highest BCUT2D eigenvalue weighted by Crippen LogP contribution is 2.26. The zero-order chi connectivity index (χ0) is 11.8. The van der Waals surface area contributed by atoms with Crippen molar-refractivity contribution in [3.8, 4) is 0 Å². The van der Waals surface area contributed by atoms with Crippen LogP contribution in [0.25, 0.3) is 5.57 Å². The zero-order valence-electron chi connectivity index (χ0n) is 9.01. The molecule has 0 aromatic heterocycles. The van der Waals surface area contributed by atoms with Crippen molar-refractivity contribution in [1.29, 1.82) is 0 Å². The Morgan fingerprint density at radius 2 is 2.06 bits per heavy atom. The average Bonchev–Trinajstić information content (AvgIpc) is 2.75. The molecule has 0 radical (unpaired) electrons. The third kappa shape index (κ3) is 1.47. The van der Waals surface area contributed by atoms with Crippen LogP contribution in [0.4, 0.5) is 0 Å². The molecule has 1 aliphatic carbocycles. The second kappa shape index (κ2) is 3.63. The van der Waals surface area contributed by atoms with E-state index in [0.29, 0.717) is 18.3 Å². The summed E-state index contributed by atoms with van der Waals surface area (Å²) in [5.41, 5.74) is 2.47. The van der Waals surface area contributed by atoms with Crippen LogP contribution in [0, 0.1) is 0 Å². The maximum atomic E-state index is 11.4. The lowest BCUT2D eigenvalue weighted by Crippen LogP contribution is -2.22. The first kappa shape index (κ1) is 9.90. The number of para-hydroxylation sites is 1. The second-order valence-electron chi connectivity index (χ2n) is 4.01. The van der Waals surface area contributed by atoms with E-state index in [9.17, 15) is 9.59 Å². The lowest BCUT2D eigenvalue weighted by atomic mass is 9.94. The van der Waals surface area contributed by atoms with Crippen molar-refractivity contribution in [1.82, 2.24) is 0 Å². The minimum absolute atomic E-state index is 0.364. The number of carbonyl (C=O) groups excluding carboxylic acids is 2. The molecule has 3 heteroatoms. The van der Waals surface area contributed by atoms with E-state index in [4.69, 9.17) is 0 Å². The van der Waals surface area contributed by atoms with E-state index in [1.165, 1.54) is 0 Å². The molecule has 0 bridgehead atoms. The maximum Gasteiger partial charge on any atom is 0.221 e. The van der Waals surface area contributed by atoms with Crippen LogP contribution >= 0.6 is 0 Å².